The van der Waals surface area contributed by atoms with E-state index in [1.807, 2.05) is 0 Å². The lowest BCUT2D eigenvalue weighted by Crippen LogP contribution is -2.30. The lowest BCUT2D eigenvalue weighted by atomic mass is 10.0. The van der Waals surface area contributed by atoms with Crippen LogP contribution in [0.3, 0.4) is 0 Å². The maximum atomic E-state index is 12.9. The highest BCUT2D eigenvalue weighted by atomic mass is 16.6. The van der Waals surface area contributed by atoms with E-state index >= 15 is 0 Å². The second-order valence-corrected chi connectivity index (χ2v) is 23.4. The minimum atomic E-state index is -0.776. The predicted octanol–water partition coefficient (Wildman–Crippen LogP) is 24.1. The number of carbonyl (C=O) groups excluding carboxylic acids is 3. The van der Waals surface area contributed by atoms with Gasteiger partial charge in [-0.1, -0.05) is 331 Å². The van der Waals surface area contributed by atoms with Gasteiger partial charge in [0.2, 0.25) is 0 Å². The third-order valence-electron chi connectivity index (χ3n) is 15.4. The van der Waals surface area contributed by atoms with Crippen LogP contribution in [0.1, 0.15) is 361 Å². The van der Waals surface area contributed by atoms with Gasteiger partial charge in [-0.25, -0.2) is 0 Å². The average molecular weight is 1120 g/mol. The van der Waals surface area contributed by atoms with Crippen LogP contribution in [-0.4, -0.2) is 37.2 Å². The summed E-state index contributed by atoms with van der Waals surface area (Å²) in [5, 5.41) is 0. The molecule has 0 aromatic carbocycles. The number of hydrogen-bond acceptors (Lipinski definition) is 6. The van der Waals surface area contributed by atoms with Crippen molar-refractivity contribution in [2.75, 3.05) is 13.2 Å². The first-order valence-corrected chi connectivity index (χ1v) is 34.9. The topological polar surface area (TPSA) is 78.9 Å². The van der Waals surface area contributed by atoms with Crippen molar-refractivity contribution >= 4 is 17.9 Å². The third kappa shape index (κ3) is 65.7. The normalized spacial score (nSPS) is 12.5. The van der Waals surface area contributed by atoms with Gasteiger partial charge in [0, 0.05) is 19.3 Å². The van der Waals surface area contributed by atoms with Gasteiger partial charge < -0.3 is 14.2 Å². The number of esters is 3. The fourth-order valence-corrected chi connectivity index (χ4v) is 10.2. The van der Waals surface area contributed by atoms with E-state index in [0.29, 0.717) is 19.3 Å². The van der Waals surface area contributed by atoms with Crippen LogP contribution in [0.15, 0.2) is 72.9 Å². The first-order valence-electron chi connectivity index (χ1n) is 34.9. The number of hydrogen-bond donors (Lipinski definition) is 0. The van der Waals surface area contributed by atoms with Crippen molar-refractivity contribution in [3.63, 3.8) is 0 Å². The lowest BCUT2D eigenvalue weighted by molar-refractivity contribution is -0.167. The molecule has 0 aromatic rings. The van der Waals surface area contributed by atoms with Crippen LogP contribution in [0.4, 0.5) is 0 Å². The number of rotatable bonds is 64. The summed E-state index contributed by atoms with van der Waals surface area (Å²) in [5.74, 6) is -0.861. The van der Waals surface area contributed by atoms with E-state index < -0.39 is 6.10 Å². The number of unbranched alkanes of at least 4 members (excludes halogenated alkanes) is 41. The van der Waals surface area contributed by atoms with Crippen molar-refractivity contribution in [3.8, 4) is 0 Å². The van der Waals surface area contributed by atoms with Crippen molar-refractivity contribution in [3.05, 3.63) is 72.9 Å². The molecule has 0 radical (unpaired) electrons. The Morgan fingerprint density at radius 2 is 0.500 bits per heavy atom. The summed E-state index contributed by atoms with van der Waals surface area (Å²) in [6.07, 6.45) is 89.4. The van der Waals surface area contributed by atoms with Crippen LogP contribution >= 0.6 is 0 Å². The molecule has 464 valence electrons. The van der Waals surface area contributed by atoms with Gasteiger partial charge in [0.05, 0.1) is 0 Å². The Balaban J connectivity index is 4.16. The maximum absolute atomic E-state index is 12.9. The quantitative estimate of drug-likeness (QED) is 0.0261. The third-order valence-corrected chi connectivity index (χ3v) is 15.4. The van der Waals surface area contributed by atoms with Gasteiger partial charge in [-0.15, -0.1) is 0 Å². The highest BCUT2D eigenvalue weighted by molar-refractivity contribution is 5.71. The van der Waals surface area contributed by atoms with Crippen molar-refractivity contribution in [2.24, 2.45) is 0 Å². The molecule has 0 spiro atoms. The standard InChI is InChI=1S/C74H132O6/c1-4-7-10-13-16-19-22-24-26-28-30-32-33-34-35-36-37-38-39-40-41-42-44-45-47-49-52-55-58-61-64-67-73(76)79-70-71(69-78-72(75)66-63-60-57-54-51-21-18-15-12-9-6-3)80-74(77)68-65-62-59-56-53-50-48-46-43-31-29-27-25-23-20-17-14-11-8-5-2/h7,10,15-16,18-19,24,26,30,32,34-35,71H,4-6,8-9,11-14,17,20-23,25,27-29,31,33,36-70H2,1-3H3/b10-7-,18-15-,19-16-,26-24-,32-30-,35-34-. The van der Waals surface area contributed by atoms with Crippen molar-refractivity contribution < 1.29 is 28.6 Å². The van der Waals surface area contributed by atoms with E-state index in [0.717, 1.165) is 96.3 Å². The zero-order valence-corrected chi connectivity index (χ0v) is 53.3. The molecule has 0 fully saturated rings. The van der Waals surface area contributed by atoms with E-state index in [4.69, 9.17) is 14.2 Å². The van der Waals surface area contributed by atoms with Crippen molar-refractivity contribution in [2.45, 2.75) is 367 Å². The highest BCUT2D eigenvalue weighted by Crippen LogP contribution is 2.18. The molecular weight excluding hydrogens is 985 g/mol. The van der Waals surface area contributed by atoms with Gasteiger partial charge in [-0.05, 0) is 83.5 Å². The van der Waals surface area contributed by atoms with Gasteiger partial charge in [0.1, 0.15) is 13.2 Å². The second-order valence-electron chi connectivity index (χ2n) is 23.4. The minimum Gasteiger partial charge on any atom is -0.462 e. The van der Waals surface area contributed by atoms with E-state index in [9.17, 15) is 14.4 Å². The largest absolute Gasteiger partial charge is 0.462 e. The summed E-state index contributed by atoms with van der Waals surface area (Å²) in [5.41, 5.74) is 0. The SMILES string of the molecule is CC/C=C\C/C=C\C/C=C\C/C=C\C/C=C\CCCCCCCCCCCCCCCCCC(=O)OCC(COC(=O)CCCCCCC/C=C\CCCC)OC(=O)CCCCCCCCCCCCCCCCCCCCCC. The van der Waals surface area contributed by atoms with Crippen molar-refractivity contribution in [1.82, 2.24) is 0 Å². The summed E-state index contributed by atoms with van der Waals surface area (Å²) in [7, 11) is 0. The van der Waals surface area contributed by atoms with Gasteiger partial charge in [0.25, 0.3) is 0 Å². The summed E-state index contributed by atoms with van der Waals surface area (Å²) < 4.78 is 17.0. The monoisotopic (exact) mass is 1120 g/mol. The first-order chi connectivity index (χ1) is 39.5. The second kappa shape index (κ2) is 68.3. The molecule has 0 aliphatic carbocycles. The van der Waals surface area contributed by atoms with Crippen LogP contribution in [0.25, 0.3) is 0 Å². The Morgan fingerprint density at radius 1 is 0.263 bits per heavy atom. The fraction of sp³-hybridized carbons (Fsp3) is 0.797. The Morgan fingerprint density at radius 3 is 0.812 bits per heavy atom. The summed E-state index contributed by atoms with van der Waals surface area (Å²) in [4.78, 5) is 38.3. The molecule has 0 heterocycles. The van der Waals surface area contributed by atoms with Crippen LogP contribution in [0.5, 0.6) is 0 Å². The molecule has 6 heteroatoms. The molecule has 0 aliphatic rings. The van der Waals surface area contributed by atoms with E-state index in [2.05, 4.69) is 93.7 Å². The highest BCUT2D eigenvalue weighted by Gasteiger charge is 2.19. The molecule has 0 aliphatic heterocycles. The van der Waals surface area contributed by atoms with E-state index in [-0.39, 0.29) is 31.1 Å². The Bertz CT molecular complexity index is 1470. The maximum Gasteiger partial charge on any atom is 0.306 e. The lowest BCUT2D eigenvalue weighted by Gasteiger charge is -2.18. The van der Waals surface area contributed by atoms with Gasteiger partial charge in [-0.3, -0.25) is 14.4 Å². The molecule has 0 amide bonds. The Kier molecular flexibility index (Phi) is 65.7. The molecule has 0 aromatic heterocycles. The molecule has 0 saturated heterocycles. The summed E-state index contributed by atoms with van der Waals surface area (Å²) in [6.45, 7) is 6.54. The smallest absolute Gasteiger partial charge is 0.306 e. The first kappa shape index (κ1) is 76.9. The molecule has 0 saturated carbocycles. The Hall–Kier alpha value is -3.15. The number of ether oxygens (including phenoxy) is 3. The van der Waals surface area contributed by atoms with Crippen molar-refractivity contribution in [1.29, 1.82) is 0 Å². The molecule has 1 unspecified atom stereocenters. The van der Waals surface area contributed by atoms with Crippen LogP contribution in [0, 0.1) is 0 Å². The molecule has 80 heavy (non-hydrogen) atoms. The Labute approximate surface area is 497 Å². The summed E-state index contributed by atoms with van der Waals surface area (Å²) >= 11 is 0. The zero-order chi connectivity index (χ0) is 57.8. The van der Waals surface area contributed by atoms with Crippen LogP contribution in [-0.2, 0) is 28.6 Å². The van der Waals surface area contributed by atoms with Gasteiger partial charge >= 0.3 is 17.9 Å². The minimum absolute atomic E-state index is 0.0730. The zero-order valence-electron chi connectivity index (χ0n) is 53.3. The fourth-order valence-electron chi connectivity index (χ4n) is 10.2. The summed E-state index contributed by atoms with van der Waals surface area (Å²) in [6, 6.07) is 0. The predicted molar refractivity (Wildman–Crippen MR) is 348 cm³/mol. The molecule has 0 rings (SSSR count). The van der Waals surface area contributed by atoms with Gasteiger partial charge in [0.15, 0.2) is 6.10 Å². The molecule has 1 atom stereocenters. The number of carbonyl (C=O) groups is 3. The molecular formula is C74H132O6. The molecule has 0 bridgehead atoms. The average Bonchev–Trinajstić information content (AvgIpc) is 3.46. The van der Waals surface area contributed by atoms with E-state index in [1.165, 1.54) is 225 Å². The van der Waals surface area contributed by atoms with Crippen LogP contribution < -0.4 is 0 Å². The molecule has 6 nitrogen and oxygen atoms in total. The van der Waals surface area contributed by atoms with Gasteiger partial charge in [-0.2, -0.15) is 0 Å². The number of allylic oxidation sites excluding steroid dienone is 12. The molecule has 0 N–H and O–H groups in total. The van der Waals surface area contributed by atoms with E-state index in [1.54, 1.807) is 0 Å². The van der Waals surface area contributed by atoms with Crippen LogP contribution in [0.2, 0.25) is 0 Å².